The van der Waals surface area contributed by atoms with Crippen molar-refractivity contribution in [1.29, 1.82) is 0 Å². The molecule has 0 radical (unpaired) electrons. The number of benzene rings is 4. The molecule has 8 heteroatoms. The van der Waals surface area contributed by atoms with E-state index in [4.69, 9.17) is 9.47 Å². The largest absolute Gasteiger partial charge is 0.457 e. The molecule has 8 nitrogen and oxygen atoms in total. The van der Waals surface area contributed by atoms with Crippen LogP contribution in [0, 0.1) is 0 Å². The molecule has 0 N–H and O–H groups in total. The first-order valence-electron chi connectivity index (χ1n) is 13.9. The van der Waals surface area contributed by atoms with Crippen LogP contribution in [0.5, 0.6) is 23.0 Å². The number of anilines is 2. The molecule has 0 saturated carbocycles. The molecule has 0 spiro atoms. The maximum absolute atomic E-state index is 12.0. The molecule has 6 rings (SSSR count). The van der Waals surface area contributed by atoms with Gasteiger partial charge in [0.1, 0.15) is 23.0 Å². The SMILES string of the molecule is CC(C)(c1ccc(Oc2ccc(N3C(=O)C=CC3=O)cc2)cc1)c1ccc(Oc2ccc(N3C(=O)CCC3=O)cc2)cc1. The maximum atomic E-state index is 12.0. The van der Waals surface area contributed by atoms with Gasteiger partial charge in [0.25, 0.3) is 11.8 Å². The van der Waals surface area contributed by atoms with Gasteiger partial charge in [0.2, 0.25) is 11.8 Å². The first-order valence-corrected chi connectivity index (χ1v) is 13.9. The van der Waals surface area contributed by atoms with Crippen molar-refractivity contribution in [2.24, 2.45) is 0 Å². The van der Waals surface area contributed by atoms with Crippen LogP contribution in [0.2, 0.25) is 0 Å². The van der Waals surface area contributed by atoms with Gasteiger partial charge in [-0.15, -0.1) is 0 Å². The van der Waals surface area contributed by atoms with Crippen LogP contribution in [0.1, 0.15) is 37.8 Å². The van der Waals surface area contributed by atoms with Crippen LogP contribution in [-0.4, -0.2) is 23.6 Å². The highest BCUT2D eigenvalue weighted by molar-refractivity contribution is 6.28. The van der Waals surface area contributed by atoms with Crippen LogP contribution in [0.4, 0.5) is 11.4 Å². The highest BCUT2D eigenvalue weighted by atomic mass is 16.5. The predicted octanol–water partition coefficient (Wildman–Crippen LogP) is 6.68. The molecule has 2 aliphatic heterocycles. The summed E-state index contributed by atoms with van der Waals surface area (Å²) in [5.74, 6) is 1.45. The second-order valence-electron chi connectivity index (χ2n) is 10.8. The monoisotopic (exact) mass is 572 g/mol. The number of imide groups is 2. The Morgan fingerprint density at radius 1 is 0.488 bits per heavy atom. The molecule has 4 amide bonds. The average molecular weight is 573 g/mol. The highest BCUT2D eigenvalue weighted by Crippen LogP contribution is 2.35. The molecular weight excluding hydrogens is 544 g/mol. The Morgan fingerprint density at radius 2 is 0.814 bits per heavy atom. The van der Waals surface area contributed by atoms with Crippen molar-refractivity contribution in [1.82, 2.24) is 0 Å². The van der Waals surface area contributed by atoms with Crippen LogP contribution < -0.4 is 19.3 Å². The maximum Gasteiger partial charge on any atom is 0.258 e. The topological polar surface area (TPSA) is 93.2 Å². The number of carbonyl (C=O) groups excluding carboxylic acids is 4. The minimum atomic E-state index is -0.360. The van der Waals surface area contributed by atoms with E-state index in [2.05, 4.69) is 13.8 Å². The number of nitrogens with zero attached hydrogens (tertiary/aromatic N) is 2. The van der Waals surface area contributed by atoms with Gasteiger partial charge in [0, 0.05) is 30.4 Å². The number of carbonyl (C=O) groups is 4. The van der Waals surface area contributed by atoms with Crippen LogP contribution in [-0.2, 0) is 24.6 Å². The van der Waals surface area contributed by atoms with E-state index in [9.17, 15) is 19.2 Å². The molecule has 0 aliphatic carbocycles. The van der Waals surface area contributed by atoms with E-state index in [1.165, 1.54) is 17.1 Å². The molecule has 2 aliphatic rings. The summed E-state index contributed by atoms with van der Waals surface area (Å²) >= 11 is 0. The summed E-state index contributed by atoms with van der Waals surface area (Å²) < 4.78 is 12.0. The average Bonchev–Trinajstić information content (AvgIpc) is 3.53. The third-order valence-electron chi connectivity index (χ3n) is 7.67. The van der Waals surface area contributed by atoms with E-state index in [1.54, 1.807) is 48.5 Å². The van der Waals surface area contributed by atoms with Gasteiger partial charge in [-0.2, -0.15) is 0 Å². The van der Waals surface area contributed by atoms with Crippen LogP contribution in [0.25, 0.3) is 0 Å². The van der Waals surface area contributed by atoms with Gasteiger partial charge >= 0.3 is 0 Å². The van der Waals surface area contributed by atoms with E-state index in [1.807, 2.05) is 48.5 Å². The Labute approximate surface area is 248 Å². The van der Waals surface area contributed by atoms with Crippen LogP contribution in [0.3, 0.4) is 0 Å². The third kappa shape index (κ3) is 5.55. The molecule has 2 heterocycles. The zero-order valence-corrected chi connectivity index (χ0v) is 23.7. The molecule has 4 aromatic rings. The first kappa shape index (κ1) is 27.7. The van der Waals surface area contributed by atoms with Gasteiger partial charge in [-0.25, -0.2) is 4.90 Å². The second kappa shape index (κ2) is 11.1. The lowest BCUT2D eigenvalue weighted by molar-refractivity contribution is -0.122. The predicted molar refractivity (Wildman–Crippen MR) is 161 cm³/mol. The van der Waals surface area contributed by atoms with Crippen molar-refractivity contribution in [3.8, 4) is 23.0 Å². The van der Waals surface area contributed by atoms with Crippen molar-refractivity contribution in [2.45, 2.75) is 32.1 Å². The normalized spacial score (nSPS) is 15.0. The molecule has 43 heavy (non-hydrogen) atoms. The van der Waals surface area contributed by atoms with Crippen molar-refractivity contribution < 1.29 is 28.7 Å². The molecule has 0 aromatic heterocycles. The number of hydrogen-bond acceptors (Lipinski definition) is 6. The Bertz CT molecular complexity index is 1610. The summed E-state index contributed by atoms with van der Waals surface area (Å²) in [7, 11) is 0. The van der Waals surface area contributed by atoms with E-state index < -0.39 is 0 Å². The summed E-state index contributed by atoms with van der Waals surface area (Å²) in [6.07, 6.45) is 3.01. The second-order valence-corrected chi connectivity index (χ2v) is 10.8. The number of amides is 4. The fourth-order valence-electron chi connectivity index (χ4n) is 5.16. The summed E-state index contributed by atoms with van der Waals surface area (Å²) in [6, 6.07) is 29.5. The Kier molecular flexibility index (Phi) is 7.11. The summed E-state index contributed by atoms with van der Waals surface area (Å²) in [5.41, 5.74) is 2.96. The lowest BCUT2D eigenvalue weighted by Gasteiger charge is -2.26. The smallest absolute Gasteiger partial charge is 0.258 e. The lowest BCUT2D eigenvalue weighted by atomic mass is 9.78. The summed E-state index contributed by atoms with van der Waals surface area (Å²) in [4.78, 5) is 50.1. The van der Waals surface area contributed by atoms with Gasteiger partial charge < -0.3 is 9.47 Å². The molecule has 0 atom stereocenters. The number of rotatable bonds is 8. The molecule has 0 bridgehead atoms. The lowest BCUT2D eigenvalue weighted by Crippen LogP contribution is -2.29. The van der Waals surface area contributed by atoms with Crippen molar-refractivity contribution in [3.63, 3.8) is 0 Å². The quantitative estimate of drug-likeness (QED) is 0.219. The van der Waals surface area contributed by atoms with Crippen LogP contribution >= 0.6 is 0 Å². The van der Waals surface area contributed by atoms with Gasteiger partial charge in [0.05, 0.1) is 11.4 Å². The Balaban J connectivity index is 1.08. The molecule has 1 fully saturated rings. The Morgan fingerprint density at radius 3 is 1.19 bits per heavy atom. The zero-order chi connectivity index (χ0) is 30.1. The highest BCUT2D eigenvalue weighted by Gasteiger charge is 2.30. The third-order valence-corrected chi connectivity index (χ3v) is 7.67. The van der Waals surface area contributed by atoms with Crippen LogP contribution in [0.15, 0.2) is 109 Å². The number of hydrogen-bond donors (Lipinski definition) is 0. The molecule has 4 aromatic carbocycles. The first-order chi connectivity index (χ1) is 20.7. The molecule has 1 saturated heterocycles. The van der Waals surface area contributed by atoms with E-state index in [0.717, 1.165) is 16.0 Å². The molecule has 214 valence electrons. The van der Waals surface area contributed by atoms with Gasteiger partial charge in [0.15, 0.2) is 0 Å². The summed E-state index contributed by atoms with van der Waals surface area (Å²) in [6.45, 7) is 4.29. The van der Waals surface area contributed by atoms with E-state index in [-0.39, 0.29) is 41.9 Å². The minimum Gasteiger partial charge on any atom is -0.457 e. The molecular formula is C35H28N2O6. The fraction of sp³-hybridized carbons (Fsp3) is 0.143. The van der Waals surface area contributed by atoms with Gasteiger partial charge in [-0.3, -0.25) is 24.1 Å². The van der Waals surface area contributed by atoms with E-state index in [0.29, 0.717) is 34.4 Å². The molecule has 0 unspecified atom stereocenters. The van der Waals surface area contributed by atoms with Gasteiger partial charge in [-0.1, -0.05) is 38.1 Å². The standard InChI is InChI=1S/C35H28N2O6/c1-35(2,23-3-11-27(12-4-23)42-29-15-7-25(8-16-29)36-31(38)19-20-32(36)39)24-5-13-28(14-6-24)43-30-17-9-26(10-18-30)37-33(40)21-22-34(37)41/h3-20H,21-22H2,1-2H3. The van der Waals surface area contributed by atoms with Gasteiger partial charge in [-0.05, 0) is 83.9 Å². The summed E-state index contributed by atoms with van der Waals surface area (Å²) in [5, 5.41) is 0. The fourth-order valence-corrected chi connectivity index (χ4v) is 5.16. The zero-order valence-electron chi connectivity index (χ0n) is 23.7. The number of ether oxygens (including phenoxy) is 2. The van der Waals surface area contributed by atoms with E-state index >= 15 is 0 Å². The minimum absolute atomic E-state index is 0.181. The van der Waals surface area contributed by atoms with Crippen molar-refractivity contribution >= 4 is 35.0 Å². The van der Waals surface area contributed by atoms with Crippen molar-refractivity contribution in [3.05, 3.63) is 120 Å². The van der Waals surface area contributed by atoms with Crippen molar-refractivity contribution in [2.75, 3.05) is 9.80 Å². The Hall–Kier alpha value is -5.50.